The number of benzene rings is 2. The lowest BCUT2D eigenvalue weighted by Gasteiger charge is -2.22. The number of unbranched alkanes of at least 4 members (excludes halogenated alkanes) is 2. The highest BCUT2D eigenvalue weighted by Gasteiger charge is 2.19. The number of hydrogen-bond donors (Lipinski definition) is 1. The van der Waals surface area contributed by atoms with E-state index in [0.717, 1.165) is 12.0 Å². The second-order valence-corrected chi connectivity index (χ2v) is 6.53. The summed E-state index contributed by atoms with van der Waals surface area (Å²) < 4.78 is 0. The zero-order valence-corrected chi connectivity index (χ0v) is 15.1. The summed E-state index contributed by atoms with van der Waals surface area (Å²) in [6, 6.07) is 14.4. The van der Waals surface area contributed by atoms with E-state index in [0.29, 0.717) is 11.5 Å². The second-order valence-electron chi connectivity index (χ2n) is 6.53. The van der Waals surface area contributed by atoms with Crippen molar-refractivity contribution in [3.05, 3.63) is 59.2 Å². The zero-order chi connectivity index (χ0) is 17.5. The lowest BCUT2D eigenvalue weighted by Crippen LogP contribution is -2.14. The molecule has 2 rings (SSSR count). The van der Waals surface area contributed by atoms with Crippen molar-refractivity contribution in [2.45, 2.75) is 58.8 Å². The van der Waals surface area contributed by atoms with Crippen molar-refractivity contribution in [2.24, 2.45) is 5.73 Å². The molecule has 24 heavy (non-hydrogen) atoms. The number of nitrogens with two attached hydrogens (primary N) is 1. The molecule has 2 heteroatoms. The lowest BCUT2D eigenvalue weighted by atomic mass is 9.82. The van der Waals surface area contributed by atoms with Crippen LogP contribution < -0.4 is 5.73 Å². The molecule has 0 aliphatic heterocycles. The van der Waals surface area contributed by atoms with Crippen LogP contribution in [-0.2, 0) is 0 Å². The Kier molecular flexibility index (Phi) is 6.60. The van der Waals surface area contributed by atoms with Gasteiger partial charge in [0, 0.05) is 5.56 Å². The highest BCUT2D eigenvalue weighted by Crippen LogP contribution is 2.37. The Labute approximate surface area is 146 Å². The molecule has 2 aromatic rings. The van der Waals surface area contributed by atoms with Gasteiger partial charge in [-0.3, -0.25) is 4.79 Å². The fraction of sp³-hybridized carbons (Fsp3) is 0.409. The van der Waals surface area contributed by atoms with Gasteiger partial charge in [0.05, 0.1) is 0 Å². The van der Waals surface area contributed by atoms with E-state index in [2.05, 4.69) is 32.0 Å². The Balaban J connectivity index is 2.54. The van der Waals surface area contributed by atoms with Gasteiger partial charge in [-0.25, -0.2) is 0 Å². The van der Waals surface area contributed by atoms with Crippen LogP contribution in [0.1, 0.15) is 73.4 Å². The van der Waals surface area contributed by atoms with Crippen molar-refractivity contribution >= 4 is 5.91 Å². The maximum atomic E-state index is 11.8. The van der Waals surface area contributed by atoms with E-state index in [1.807, 2.05) is 31.2 Å². The maximum Gasteiger partial charge on any atom is 0.248 e. The van der Waals surface area contributed by atoms with Gasteiger partial charge < -0.3 is 5.73 Å². The monoisotopic (exact) mass is 323 g/mol. The summed E-state index contributed by atoms with van der Waals surface area (Å²) in [6.07, 6.45) is 6.06. The van der Waals surface area contributed by atoms with Crippen LogP contribution in [0.5, 0.6) is 0 Å². The largest absolute Gasteiger partial charge is 0.366 e. The molecule has 1 unspecified atom stereocenters. The molecule has 0 aromatic heterocycles. The van der Waals surface area contributed by atoms with Gasteiger partial charge in [0.15, 0.2) is 0 Å². The molecule has 128 valence electrons. The summed E-state index contributed by atoms with van der Waals surface area (Å²) in [5.41, 5.74) is 10.9. The molecule has 0 heterocycles. The molecule has 0 spiro atoms. The quantitative estimate of drug-likeness (QED) is 0.610. The Morgan fingerprint density at radius 3 is 2.33 bits per heavy atom. The van der Waals surface area contributed by atoms with Gasteiger partial charge in [0.2, 0.25) is 5.91 Å². The topological polar surface area (TPSA) is 43.1 Å². The van der Waals surface area contributed by atoms with Gasteiger partial charge in [0.1, 0.15) is 0 Å². The Bertz CT molecular complexity index is 676. The van der Waals surface area contributed by atoms with Gasteiger partial charge in [-0.1, -0.05) is 69.5 Å². The van der Waals surface area contributed by atoms with Gasteiger partial charge in [-0.2, -0.15) is 0 Å². The van der Waals surface area contributed by atoms with Crippen LogP contribution in [0.25, 0.3) is 11.1 Å². The van der Waals surface area contributed by atoms with Crippen LogP contribution in [0, 0.1) is 6.92 Å². The van der Waals surface area contributed by atoms with Crippen LogP contribution in [0.3, 0.4) is 0 Å². The first kappa shape index (κ1) is 18.3. The van der Waals surface area contributed by atoms with Crippen molar-refractivity contribution in [3.63, 3.8) is 0 Å². The normalized spacial score (nSPS) is 12.1. The number of carbonyl (C=O) groups excluding carboxylic acids is 1. The molecular formula is C22H29NO. The minimum absolute atomic E-state index is 0.352. The van der Waals surface area contributed by atoms with Crippen molar-refractivity contribution in [1.29, 1.82) is 0 Å². The average molecular weight is 323 g/mol. The van der Waals surface area contributed by atoms with Crippen LogP contribution in [0.4, 0.5) is 0 Å². The SMILES string of the molecule is CCCCCC(CC)c1ccc(C(N)=O)c(C)c1-c1ccccc1. The standard InChI is InChI=1S/C22H29NO/c1-4-6-8-11-17(5-2)20-15-14-19(22(23)24)16(3)21(20)18-12-9-7-10-13-18/h7,9-10,12-15,17H,4-6,8,11H2,1-3H3,(H2,23,24). The summed E-state index contributed by atoms with van der Waals surface area (Å²) in [6.45, 7) is 6.51. The summed E-state index contributed by atoms with van der Waals surface area (Å²) >= 11 is 0. The van der Waals surface area contributed by atoms with Gasteiger partial charge in [-0.05, 0) is 54.0 Å². The molecule has 0 saturated carbocycles. The van der Waals surface area contributed by atoms with Gasteiger partial charge >= 0.3 is 0 Å². The summed E-state index contributed by atoms with van der Waals surface area (Å²) in [7, 11) is 0. The highest BCUT2D eigenvalue weighted by molar-refractivity contribution is 5.96. The van der Waals surface area contributed by atoms with E-state index < -0.39 is 0 Å². The smallest absolute Gasteiger partial charge is 0.248 e. The number of rotatable bonds is 8. The molecule has 0 bridgehead atoms. The molecule has 2 N–H and O–H groups in total. The van der Waals surface area contributed by atoms with Gasteiger partial charge in [0.25, 0.3) is 0 Å². The van der Waals surface area contributed by atoms with Crippen LogP contribution in [0.15, 0.2) is 42.5 Å². The van der Waals surface area contributed by atoms with Crippen molar-refractivity contribution < 1.29 is 4.79 Å². The van der Waals surface area contributed by atoms with Crippen molar-refractivity contribution in [3.8, 4) is 11.1 Å². The molecule has 0 saturated heterocycles. The fourth-order valence-corrected chi connectivity index (χ4v) is 3.55. The van der Waals surface area contributed by atoms with E-state index in [4.69, 9.17) is 5.73 Å². The number of hydrogen-bond acceptors (Lipinski definition) is 1. The first-order valence-electron chi connectivity index (χ1n) is 9.08. The molecule has 0 aliphatic rings. The van der Waals surface area contributed by atoms with Crippen LogP contribution in [-0.4, -0.2) is 5.91 Å². The molecule has 2 nitrogen and oxygen atoms in total. The molecule has 1 atom stereocenters. The zero-order valence-electron chi connectivity index (χ0n) is 15.1. The van der Waals surface area contributed by atoms with E-state index in [-0.39, 0.29) is 5.91 Å². The number of primary amides is 1. The minimum atomic E-state index is -0.352. The molecule has 0 fully saturated rings. The predicted molar refractivity (Wildman–Crippen MR) is 102 cm³/mol. The minimum Gasteiger partial charge on any atom is -0.366 e. The molecule has 0 radical (unpaired) electrons. The summed E-state index contributed by atoms with van der Waals surface area (Å²) in [5.74, 6) is 0.169. The highest BCUT2D eigenvalue weighted by atomic mass is 16.1. The Morgan fingerprint density at radius 2 is 1.75 bits per heavy atom. The van der Waals surface area contributed by atoms with E-state index >= 15 is 0 Å². The maximum absolute atomic E-state index is 11.8. The molecule has 0 aliphatic carbocycles. The Hall–Kier alpha value is -2.09. The van der Waals surface area contributed by atoms with Gasteiger partial charge in [-0.15, -0.1) is 0 Å². The Morgan fingerprint density at radius 1 is 1.04 bits per heavy atom. The number of amides is 1. The van der Waals surface area contributed by atoms with Crippen molar-refractivity contribution in [2.75, 3.05) is 0 Å². The predicted octanol–water partition coefficient (Wildman–Crippen LogP) is 5.83. The third-order valence-electron chi connectivity index (χ3n) is 4.91. The first-order chi connectivity index (χ1) is 11.6. The van der Waals surface area contributed by atoms with E-state index in [1.54, 1.807) is 0 Å². The molecule has 2 aromatic carbocycles. The summed E-state index contributed by atoms with van der Waals surface area (Å²) in [5, 5.41) is 0. The van der Waals surface area contributed by atoms with Crippen molar-refractivity contribution in [1.82, 2.24) is 0 Å². The summed E-state index contributed by atoms with van der Waals surface area (Å²) in [4.78, 5) is 11.8. The van der Waals surface area contributed by atoms with E-state index in [1.165, 1.54) is 42.4 Å². The first-order valence-corrected chi connectivity index (χ1v) is 9.08. The molecule has 1 amide bonds. The molecular weight excluding hydrogens is 294 g/mol. The van der Waals surface area contributed by atoms with Crippen LogP contribution >= 0.6 is 0 Å². The number of carbonyl (C=O) groups is 1. The fourth-order valence-electron chi connectivity index (χ4n) is 3.55. The second kappa shape index (κ2) is 8.68. The van der Waals surface area contributed by atoms with E-state index in [9.17, 15) is 4.79 Å². The lowest BCUT2D eigenvalue weighted by molar-refractivity contribution is 0.0999. The third-order valence-corrected chi connectivity index (χ3v) is 4.91. The average Bonchev–Trinajstić information content (AvgIpc) is 2.59. The van der Waals surface area contributed by atoms with Crippen LogP contribution in [0.2, 0.25) is 0 Å². The third kappa shape index (κ3) is 4.05.